The number of ether oxygens (including phenoxy) is 1. The van der Waals surface area contributed by atoms with Gasteiger partial charge in [-0.15, -0.1) is 0 Å². The lowest BCUT2D eigenvalue weighted by Crippen LogP contribution is -1.97. The normalized spacial score (nSPS) is 10.4. The van der Waals surface area contributed by atoms with Gasteiger partial charge in [-0.2, -0.15) is 0 Å². The first-order valence-corrected chi connectivity index (χ1v) is 8.29. The summed E-state index contributed by atoms with van der Waals surface area (Å²) in [7, 11) is 1.71. The highest BCUT2D eigenvalue weighted by molar-refractivity contribution is 5.63. The molecule has 0 radical (unpaired) electrons. The van der Waals surface area contributed by atoms with Gasteiger partial charge in [0, 0.05) is 11.4 Å². The van der Waals surface area contributed by atoms with Crippen molar-refractivity contribution in [2.75, 3.05) is 12.4 Å². The molecular weight excluding hydrogens is 294 g/mol. The smallest absolute Gasteiger partial charge is 0.119 e. The molecule has 3 aromatic carbocycles. The predicted molar refractivity (Wildman–Crippen MR) is 101 cm³/mol. The van der Waals surface area contributed by atoms with Gasteiger partial charge in [-0.3, -0.25) is 0 Å². The molecule has 0 heterocycles. The van der Waals surface area contributed by atoms with Crippen LogP contribution in [0.2, 0.25) is 0 Å². The largest absolute Gasteiger partial charge is 0.497 e. The molecule has 0 bridgehead atoms. The van der Waals surface area contributed by atoms with E-state index in [0.29, 0.717) is 0 Å². The molecular formula is C22H23NO. The van der Waals surface area contributed by atoms with Crippen molar-refractivity contribution < 1.29 is 4.74 Å². The zero-order valence-corrected chi connectivity index (χ0v) is 14.3. The van der Waals surface area contributed by atoms with Crippen LogP contribution in [-0.4, -0.2) is 7.11 Å². The maximum Gasteiger partial charge on any atom is 0.119 e. The Morgan fingerprint density at radius 1 is 0.792 bits per heavy atom. The van der Waals surface area contributed by atoms with Crippen LogP contribution in [0.3, 0.4) is 0 Å². The third-order valence-electron chi connectivity index (χ3n) is 4.19. The van der Waals surface area contributed by atoms with E-state index in [1.54, 1.807) is 7.11 Å². The number of nitrogens with one attached hydrogen (secondary N) is 1. The van der Waals surface area contributed by atoms with Crippen molar-refractivity contribution in [2.24, 2.45) is 0 Å². The first-order valence-electron chi connectivity index (χ1n) is 8.29. The van der Waals surface area contributed by atoms with E-state index < -0.39 is 0 Å². The van der Waals surface area contributed by atoms with E-state index in [1.165, 1.54) is 22.4 Å². The van der Waals surface area contributed by atoms with Gasteiger partial charge in [-0.05, 0) is 66.8 Å². The molecule has 0 saturated carbocycles. The Balaban J connectivity index is 1.71. The zero-order chi connectivity index (χ0) is 16.8. The van der Waals surface area contributed by atoms with Crippen LogP contribution in [0.15, 0.2) is 72.8 Å². The second kappa shape index (κ2) is 7.69. The van der Waals surface area contributed by atoms with Crippen LogP contribution in [0.1, 0.15) is 16.7 Å². The first-order chi connectivity index (χ1) is 11.7. The minimum atomic E-state index is 0.919. The summed E-state index contributed by atoms with van der Waals surface area (Å²) in [6, 6.07) is 25.2. The molecule has 3 rings (SSSR count). The maximum absolute atomic E-state index is 5.30. The van der Waals surface area contributed by atoms with Crippen LogP contribution in [0.25, 0.3) is 0 Å². The van der Waals surface area contributed by atoms with Crippen molar-refractivity contribution >= 4 is 11.4 Å². The quantitative estimate of drug-likeness (QED) is 0.645. The minimum absolute atomic E-state index is 0.919. The Hall–Kier alpha value is -2.74. The minimum Gasteiger partial charge on any atom is -0.497 e. The summed E-state index contributed by atoms with van der Waals surface area (Å²) in [5.74, 6) is 0.919. The first kappa shape index (κ1) is 16.1. The fourth-order valence-corrected chi connectivity index (χ4v) is 2.75. The van der Waals surface area contributed by atoms with Gasteiger partial charge in [0.1, 0.15) is 5.75 Å². The molecule has 0 spiro atoms. The molecule has 3 aromatic rings. The van der Waals surface area contributed by atoms with Crippen molar-refractivity contribution in [3.05, 3.63) is 89.5 Å². The number of hydrogen-bond acceptors (Lipinski definition) is 2. The fourth-order valence-electron chi connectivity index (χ4n) is 2.75. The van der Waals surface area contributed by atoms with E-state index in [9.17, 15) is 0 Å². The van der Waals surface area contributed by atoms with Crippen LogP contribution in [0.4, 0.5) is 11.4 Å². The van der Waals surface area contributed by atoms with E-state index >= 15 is 0 Å². The topological polar surface area (TPSA) is 21.3 Å². The van der Waals surface area contributed by atoms with Crippen LogP contribution in [0, 0.1) is 6.92 Å². The molecule has 1 N–H and O–H groups in total. The highest BCUT2D eigenvalue weighted by Crippen LogP contribution is 2.23. The number of aryl methyl sites for hydroxylation is 3. The molecule has 0 fully saturated rings. The summed E-state index contributed by atoms with van der Waals surface area (Å²) < 4.78 is 5.30. The molecule has 2 nitrogen and oxygen atoms in total. The molecule has 0 amide bonds. The number of para-hydroxylation sites is 1. The Labute approximate surface area is 144 Å². The summed E-state index contributed by atoms with van der Waals surface area (Å²) in [6.07, 6.45) is 2.02. The van der Waals surface area contributed by atoms with Gasteiger partial charge in [-0.1, -0.05) is 42.5 Å². The summed E-state index contributed by atoms with van der Waals surface area (Å²) in [6.45, 7) is 2.14. The highest BCUT2D eigenvalue weighted by Gasteiger charge is 2.03. The lowest BCUT2D eigenvalue weighted by molar-refractivity contribution is 0.414. The van der Waals surface area contributed by atoms with Gasteiger partial charge in [0.05, 0.1) is 7.11 Å². The summed E-state index contributed by atoms with van der Waals surface area (Å²) in [5.41, 5.74) is 6.17. The van der Waals surface area contributed by atoms with Gasteiger partial charge >= 0.3 is 0 Å². The molecule has 0 saturated heterocycles. The predicted octanol–water partition coefficient (Wildman–Crippen LogP) is 5.53. The van der Waals surface area contributed by atoms with E-state index in [4.69, 9.17) is 4.74 Å². The van der Waals surface area contributed by atoms with E-state index in [2.05, 4.69) is 54.7 Å². The third-order valence-corrected chi connectivity index (χ3v) is 4.19. The van der Waals surface area contributed by atoms with Crippen molar-refractivity contribution in [2.45, 2.75) is 19.8 Å². The maximum atomic E-state index is 5.30. The van der Waals surface area contributed by atoms with Gasteiger partial charge in [0.2, 0.25) is 0 Å². The Kier molecular flexibility index (Phi) is 5.17. The molecule has 0 atom stereocenters. The van der Waals surface area contributed by atoms with Gasteiger partial charge in [0.25, 0.3) is 0 Å². The average Bonchev–Trinajstić information content (AvgIpc) is 2.63. The Bertz CT molecular complexity index is 796. The molecule has 24 heavy (non-hydrogen) atoms. The Morgan fingerprint density at radius 2 is 1.54 bits per heavy atom. The second-order valence-electron chi connectivity index (χ2n) is 5.99. The Morgan fingerprint density at radius 3 is 2.29 bits per heavy atom. The molecule has 122 valence electrons. The monoisotopic (exact) mass is 317 g/mol. The van der Waals surface area contributed by atoms with Crippen LogP contribution >= 0.6 is 0 Å². The van der Waals surface area contributed by atoms with Crippen molar-refractivity contribution in [3.63, 3.8) is 0 Å². The van der Waals surface area contributed by atoms with Crippen LogP contribution in [-0.2, 0) is 12.8 Å². The molecule has 2 heteroatoms. The molecule has 0 aliphatic rings. The van der Waals surface area contributed by atoms with Crippen molar-refractivity contribution in [1.29, 1.82) is 0 Å². The zero-order valence-electron chi connectivity index (χ0n) is 14.3. The fraction of sp³-hybridized carbons (Fsp3) is 0.182. The van der Waals surface area contributed by atoms with E-state index in [-0.39, 0.29) is 0 Å². The number of anilines is 2. The number of benzene rings is 3. The van der Waals surface area contributed by atoms with Gasteiger partial charge in [-0.25, -0.2) is 0 Å². The number of methoxy groups -OCH3 is 1. The number of hydrogen-bond donors (Lipinski definition) is 1. The molecule has 0 unspecified atom stereocenters. The van der Waals surface area contributed by atoms with Gasteiger partial charge in [0.15, 0.2) is 0 Å². The van der Waals surface area contributed by atoms with Crippen molar-refractivity contribution in [3.8, 4) is 5.75 Å². The van der Waals surface area contributed by atoms with E-state index in [0.717, 1.165) is 24.3 Å². The second-order valence-corrected chi connectivity index (χ2v) is 5.99. The SMILES string of the molecule is COc1cccc(CCc2ccc(C)c(Nc3ccccc3)c2)c1. The lowest BCUT2D eigenvalue weighted by atomic mass is 10.0. The van der Waals surface area contributed by atoms with Crippen LogP contribution in [0.5, 0.6) is 5.75 Å². The van der Waals surface area contributed by atoms with Gasteiger partial charge < -0.3 is 10.1 Å². The highest BCUT2D eigenvalue weighted by atomic mass is 16.5. The lowest BCUT2D eigenvalue weighted by Gasteiger charge is -2.12. The number of rotatable bonds is 6. The van der Waals surface area contributed by atoms with E-state index in [1.807, 2.05) is 30.3 Å². The summed E-state index contributed by atoms with van der Waals surface area (Å²) in [4.78, 5) is 0. The standard InChI is InChI=1S/C22H23NO/c1-17-11-12-19(14-13-18-7-6-10-21(15-18)24-2)16-22(17)23-20-8-4-3-5-9-20/h3-12,15-16,23H,13-14H2,1-2H3. The van der Waals surface area contributed by atoms with Crippen LogP contribution < -0.4 is 10.1 Å². The molecule has 0 aliphatic carbocycles. The van der Waals surface area contributed by atoms with Crippen molar-refractivity contribution in [1.82, 2.24) is 0 Å². The third kappa shape index (κ3) is 4.17. The average molecular weight is 317 g/mol. The summed E-state index contributed by atoms with van der Waals surface area (Å²) >= 11 is 0. The molecule has 0 aliphatic heterocycles. The molecule has 0 aromatic heterocycles. The summed E-state index contributed by atoms with van der Waals surface area (Å²) in [5, 5.41) is 3.51.